The maximum absolute atomic E-state index is 12.1. The van der Waals surface area contributed by atoms with Gasteiger partial charge in [0.25, 0.3) is 11.8 Å². The van der Waals surface area contributed by atoms with Crippen LogP contribution >= 0.6 is 0 Å². The number of benzene rings is 1. The Morgan fingerprint density at radius 2 is 2.07 bits per heavy atom. The zero-order valence-corrected chi connectivity index (χ0v) is 16.4. The van der Waals surface area contributed by atoms with Crippen molar-refractivity contribution in [2.45, 2.75) is 12.0 Å². The number of ether oxygens (including phenoxy) is 2. The summed E-state index contributed by atoms with van der Waals surface area (Å²) in [6.07, 6.45) is 0.258. The third kappa shape index (κ3) is 3.86. The van der Waals surface area contributed by atoms with E-state index in [1.807, 2.05) is 0 Å². The SMILES string of the molecule is COc1cc(-c2cccc(C#CC3(O)CCN(C)C3=O)c2)nc(C(N)=O)c1OC. The van der Waals surface area contributed by atoms with Gasteiger partial charge in [0.2, 0.25) is 5.60 Å². The Hall–Kier alpha value is -3.57. The predicted octanol–water partition coefficient (Wildman–Crippen LogP) is 0.809. The number of nitrogens with two attached hydrogens (primary N) is 1. The van der Waals surface area contributed by atoms with Crippen molar-refractivity contribution in [1.29, 1.82) is 0 Å². The molecule has 1 aromatic heterocycles. The highest BCUT2D eigenvalue weighted by Crippen LogP contribution is 2.34. The second kappa shape index (κ2) is 7.81. The molecule has 2 heterocycles. The highest BCUT2D eigenvalue weighted by atomic mass is 16.5. The van der Waals surface area contributed by atoms with Gasteiger partial charge in [-0.1, -0.05) is 24.0 Å². The molecule has 29 heavy (non-hydrogen) atoms. The lowest BCUT2D eigenvalue weighted by atomic mass is 10.0. The van der Waals surface area contributed by atoms with Crippen LogP contribution in [-0.2, 0) is 4.79 Å². The standard InChI is InChI=1S/C21H21N3O5/c1-24-10-9-21(27,20(24)26)8-7-13-5-4-6-14(11-13)15-12-16(28-2)18(29-3)17(23-15)19(22)25/h4-6,11-12,27H,9-10H2,1-3H3,(H2,22,25). The molecule has 2 aromatic rings. The van der Waals surface area contributed by atoms with E-state index in [4.69, 9.17) is 15.2 Å². The molecule has 150 valence electrons. The molecule has 1 aromatic carbocycles. The third-order valence-electron chi connectivity index (χ3n) is 4.68. The minimum Gasteiger partial charge on any atom is -0.493 e. The van der Waals surface area contributed by atoms with E-state index in [1.54, 1.807) is 37.4 Å². The van der Waals surface area contributed by atoms with Crippen LogP contribution in [-0.4, -0.2) is 60.2 Å². The van der Waals surface area contributed by atoms with Crippen molar-refractivity contribution in [2.75, 3.05) is 27.8 Å². The lowest BCUT2D eigenvalue weighted by Gasteiger charge is -2.13. The van der Waals surface area contributed by atoms with E-state index in [-0.39, 0.29) is 17.9 Å². The van der Waals surface area contributed by atoms with E-state index in [0.717, 1.165) is 0 Å². The van der Waals surface area contributed by atoms with Gasteiger partial charge in [-0.25, -0.2) is 4.98 Å². The van der Waals surface area contributed by atoms with Gasteiger partial charge in [-0.15, -0.1) is 0 Å². The fourth-order valence-corrected chi connectivity index (χ4v) is 3.08. The summed E-state index contributed by atoms with van der Waals surface area (Å²) in [4.78, 5) is 29.6. The Balaban J connectivity index is 2.01. The van der Waals surface area contributed by atoms with Gasteiger partial charge < -0.3 is 25.2 Å². The molecule has 0 spiro atoms. The summed E-state index contributed by atoms with van der Waals surface area (Å²) >= 11 is 0. The number of hydrogen-bond acceptors (Lipinski definition) is 6. The van der Waals surface area contributed by atoms with E-state index < -0.39 is 17.4 Å². The molecule has 0 bridgehead atoms. The summed E-state index contributed by atoms with van der Waals surface area (Å²) in [6.45, 7) is 0.454. The summed E-state index contributed by atoms with van der Waals surface area (Å²) in [5.74, 6) is 4.85. The molecule has 8 heteroatoms. The number of aromatic nitrogens is 1. The Labute approximate surface area is 168 Å². The number of likely N-dealkylation sites (tertiary alicyclic amines) is 1. The number of amides is 2. The summed E-state index contributed by atoms with van der Waals surface area (Å²) < 4.78 is 10.5. The van der Waals surface area contributed by atoms with Crippen LogP contribution in [0.3, 0.4) is 0 Å². The van der Waals surface area contributed by atoms with Gasteiger partial charge in [-0.3, -0.25) is 9.59 Å². The maximum Gasteiger partial charge on any atom is 0.271 e. The highest BCUT2D eigenvalue weighted by Gasteiger charge is 2.42. The molecule has 0 radical (unpaired) electrons. The van der Waals surface area contributed by atoms with Gasteiger partial charge in [0.1, 0.15) is 0 Å². The summed E-state index contributed by atoms with van der Waals surface area (Å²) in [6, 6.07) is 8.65. The van der Waals surface area contributed by atoms with Crippen LogP contribution in [0.4, 0.5) is 0 Å². The average Bonchev–Trinajstić information content (AvgIpc) is 2.99. The third-order valence-corrected chi connectivity index (χ3v) is 4.68. The van der Waals surface area contributed by atoms with Gasteiger partial charge in [0, 0.05) is 37.2 Å². The first kappa shape index (κ1) is 20.2. The van der Waals surface area contributed by atoms with E-state index in [0.29, 0.717) is 29.1 Å². The molecule has 0 saturated carbocycles. The fourth-order valence-electron chi connectivity index (χ4n) is 3.08. The number of carbonyl (C=O) groups is 2. The molecule has 1 aliphatic heterocycles. The number of rotatable bonds is 4. The molecular weight excluding hydrogens is 374 g/mol. The number of carbonyl (C=O) groups excluding carboxylic acids is 2. The molecule has 3 rings (SSSR count). The first-order valence-electron chi connectivity index (χ1n) is 8.83. The molecule has 0 aliphatic carbocycles. The second-order valence-corrected chi connectivity index (χ2v) is 6.62. The van der Waals surface area contributed by atoms with Crippen LogP contribution in [0.1, 0.15) is 22.5 Å². The van der Waals surface area contributed by atoms with Crippen LogP contribution < -0.4 is 15.2 Å². The molecule has 1 fully saturated rings. The predicted molar refractivity (Wildman–Crippen MR) is 105 cm³/mol. The normalized spacial score (nSPS) is 18.2. The summed E-state index contributed by atoms with van der Waals surface area (Å²) in [5, 5.41) is 10.4. The molecule has 1 aliphatic rings. The highest BCUT2D eigenvalue weighted by molar-refractivity contribution is 5.95. The molecule has 2 amide bonds. The van der Waals surface area contributed by atoms with Gasteiger partial charge in [0.05, 0.1) is 19.9 Å². The smallest absolute Gasteiger partial charge is 0.271 e. The van der Waals surface area contributed by atoms with E-state index in [2.05, 4.69) is 16.8 Å². The van der Waals surface area contributed by atoms with Crippen molar-refractivity contribution < 1.29 is 24.2 Å². The molecule has 8 nitrogen and oxygen atoms in total. The Bertz CT molecular complexity index is 1040. The van der Waals surface area contributed by atoms with Gasteiger partial charge in [0.15, 0.2) is 17.2 Å². The largest absolute Gasteiger partial charge is 0.493 e. The van der Waals surface area contributed by atoms with E-state index in [9.17, 15) is 14.7 Å². The number of primary amides is 1. The van der Waals surface area contributed by atoms with Crippen molar-refractivity contribution >= 4 is 11.8 Å². The van der Waals surface area contributed by atoms with Gasteiger partial charge in [-0.05, 0) is 12.1 Å². The van der Waals surface area contributed by atoms with Crippen LogP contribution in [0.25, 0.3) is 11.3 Å². The number of methoxy groups -OCH3 is 2. The monoisotopic (exact) mass is 395 g/mol. The van der Waals surface area contributed by atoms with Crippen molar-refractivity contribution in [3.8, 4) is 34.6 Å². The second-order valence-electron chi connectivity index (χ2n) is 6.62. The Kier molecular flexibility index (Phi) is 5.43. The zero-order valence-electron chi connectivity index (χ0n) is 16.4. The molecule has 1 atom stereocenters. The summed E-state index contributed by atoms with van der Waals surface area (Å²) in [5.41, 5.74) is 5.37. The number of nitrogens with zero attached hydrogens (tertiary/aromatic N) is 2. The number of aliphatic hydroxyl groups is 1. The lowest BCUT2D eigenvalue weighted by Crippen LogP contribution is -2.37. The maximum atomic E-state index is 12.1. The first-order chi connectivity index (χ1) is 13.8. The van der Waals surface area contributed by atoms with Gasteiger partial charge >= 0.3 is 0 Å². The molecule has 1 saturated heterocycles. The number of likely N-dealkylation sites (N-methyl/N-ethyl adjacent to an activating group) is 1. The van der Waals surface area contributed by atoms with Crippen molar-refractivity contribution in [2.24, 2.45) is 5.73 Å². The van der Waals surface area contributed by atoms with Crippen LogP contribution in [0.2, 0.25) is 0 Å². The quantitative estimate of drug-likeness (QED) is 0.741. The fraction of sp³-hybridized carbons (Fsp3) is 0.286. The average molecular weight is 395 g/mol. The van der Waals surface area contributed by atoms with E-state index >= 15 is 0 Å². The minimum absolute atomic E-state index is 0.0489. The molecule has 1 unspecified atom stereocenters. The summed E-state index contributed by atoms with van der Waals surface area (Å²) in [7, 11) is 4.47. The molecular formula is C21H21N3O5. The van der Waals surface area contributed by atoms with Gasteiger partial charge in [-0.2, -0.15) is 0 Å². The first-order valence-corrected chi connectivity index (χ1v) is 8.83. The minimum atomic E-state index is -1.68. The zero-order chi connectivity index (χ0) is 21.2. The molecule has 3 N–H and O–H groups in total. The number of hydrogen-bond donors (Lipinski definition) is 2. The lowest BCUT2D eigenvalue weighted by molar-refractivity contribution is -0.137. The number of pyridine rings is 1. The topological polar surface area (TPSA) is 115 Å². The Morgan fingerprint density at radius 1 is 1.31 bits per heavy atom. The van der Waals surface area contributed by atoms with Crippen molar-refractivity contribution in [3.05, 3.63) is 41.6 Å². The van der Waals surface area contributed by atoms with Crippen LogP contribution in [0, 0.1) is 11.8 Å². The van der Waals surface area contributed by atoms with Crippen LogP contribution in [0.5, 0.6) is 11.5 Å². The van der Waals surface area contributed by atoms with Crippen molar-refractivity contribution in [3.63, 3.8) is 0 Å². The van der Waals surface area contributed by atoms with Crippen LogP contribution in [0.15, 0.2) is 30.3 Å². The van der Waals surface area contributed by atoms with E-state index in [1.165, 1.54) is 19.1 Å². The Morgan fingerprint density at radius 3 is 2.66 bits per heavy atom. The van der Waals surface area contributed by atoms with Crippen molar-refractivity contribution in [1.82, 2.24) is 9.88 Å².